The van der Waals surface area contributed by atoms with E-state index in [4.69, 9.17) is 4.74 Å². The normalized spacial score (nSPS) is 10.0. The van der Waals surface area contributed by atoms with Crippen molar-refractivity contribution in [3.8, 4) is 5.75 Å². The number of nitrogens with one attached hydrogen (secondary N) is 1. The Bertz CT molecular complexity index is 502. The van der Waals surface area contributed by atoms with Gasteiger partial charge in [0.1, 0.15) is 11.3 Å². The highest BCUT2D eigenvalue weighted by Gasteiger charge is 2.15. The summed E-state index contributed by atoms with van der Waals surface area (Å²) in [5.74, 6) is -1.58. The zero-order valence-electron chi connectivity index (χ0n) is 8.71. The van der Waals surface area contributed by atoms with E-state index in [1.807, 2.05) is 0 Å². The van der Waals surface area contributed by atoms with E-state index in [2.05, 4.69) is 4.84 Å². The van der Waals surface area contributed by atoms with Crippen LogP contribution in [0.1, 0.15) is 17.3 Å². The average Bonchev–Trinajstić information content (AvgIpc) is 2.25. The van der Waals surface area contributed by atoms with Crippen LogP contribution in [0.5, 0.6) is 5.75 Å². The minimum Gasteiger partial charge on any atom is -0.426 e. The van der Waals surface area contributed by atoms with Crippen molar-refractivity contribution in [3.63, 3.8) is 0 Å². The molecule has 0 bridgehead atoms. The first kappa shape index (κ1) is 13.1. The van der Waals surface area contributed by atoms with Crippen molar-refractivity contribution in [3.05, 3.63) is 29.8 Å². The third-order valence-corrected chi connectivity index (χ3v) is 1.81. The SMILES string of the molecule is CC(=O)Oc1ccccc1C(=O)ON[SH](=O)=O. The zero-order valence-corrected chi connectivity index (χ0v) is 9.60. The van der Waals surface area contributed by atoms with E-state index < -0.39 is 22.8 Å². The first-order valence-electron chi connectivity index (χ1n) is 4.39. The second kappa shape index (κ2) is 5.97. The summed E-state index contributed by atoms with van der Waals surface area (Å²) in [7, 11) is -3.05. The van der Waals surface area contributed by atoms with Gasteiger partial charge in [-0.15, -0.1) is 0 Å². The fourth-order valence-corrected chi connectivity index (χ4v) is 1.17. The lowest BCUT2D eigenvalue weighted by atomic mass is 10.2. The van der Waals surface area contributed by atoms with Gasteiger partial charge in [-0.05, 0) is 17.0 Å². The molecule has 0 fully saturated rings. The van der Waals surface area contributed by atoms with Crippen LogP contribution in [-0.4, -0.2) is 20.4 Å². The summed E-state index contributed by atoms with van der Waals surface area (Å²) in [5, 5.41) is 0. The first-order valence-corrected chi connectivity index (χ1v) is 5.57. The van der Waals surface area contributed by atoms with Gasteiger partial charge in [-0.25, -0.2) is 13.2 Å². The zero-order chi connectivity index (χ0) is 12.8. The molecule has 0 saturated heterocycles. The van der Waals surface area contributed by atoms with Crippen LogP contribution in [0.3, 0.4) is 0 Å². The van der Waals surface area contributed by atoms with Gasteiger partial charge in [-0.1, -0.05) is 12.1 Å². The number of esters is 1. The number of benzene rings is 1. The monoisotopic (exact) mass is 259 g/mol. The minimum atomic E-state index is -3.05. The molecule has 0 spiro atoms. The van der Waals surface area contributed by atoms with Gasteiger partial charge in [0.2, 0.25) is 10.9 Å². The Morgan fingerprint density at radius 1 is 1.24 bits per heavy atom. The van der Waals surface area contributed by atoms with E-state index in [9.17, 15) is 18.0 Å². The molecule has 0 heterocycles. The molecule has 0 aromatic heterocycles. The number of para-hydroxylation sites is 1. The first-order chi connectivity index (χ1) is 8.00. The largest absolute Gasteiger partial charge is 0.426 e. The van der Waals surface area contributed by atoms with Crippen molar-refractivity contribution in [1.82, 2.24) is 4.89 Å². The summed E-state index contributed by atoms with van der Waals surface area (Å²) < 4.78 is 25.1. The fourth-order valence-electron chi connectivity index (χ4n) is 1.01. The second-order valence-corrected chi connectivity index (χ2v) is 3.52. The van der Waals surface area contributed by atoms with Crippen LogP contribution in [-0.2, 0) is 20.5 Å². The van der Waals surface area contributed by atoms with E-state index in [0.717, 1.165) is 0 Å². The molecule has 0 amide bonds. The van der Waals surface area contributed by atoms with E-state index in [-0.39, 0.29) is 11.3 Å². The molecule has 7 nitrogen and oxygen atoms in total. The van der Waals surface area contributed by atoms with E-state index in [0.29, 0.717) is 0 Å². The van der Waals surface area contributed by atoms with Gasteiger partial charge in [0.25, 0.3) is 0 Å². The summed E-state index contributed by atoms with van der Waals surface area (Å²) in [6.45, 7) is 1.18. The Hall–Kier alpha value is -1.93. The Morgan fingerprint density at radius 2 is 1.88 bits per heavy atom. The van der Waals surface area contributed by atoms with Crippen molar-refractivity contribution in [1.29, 1.82) is 0 Å². The lowest BCUT2D eigenvalue weighted by Gasteiger charge is -2.06. The van der Waals surface area contributed by atoms with Crippen LogP contribution in [0.25, 0.3) is 0 Å². The van der Waals surface area contributed by atoms with Gasteiger partial charge in [0.05, 0.1) is 0 Å². The maximum absolute atomic E-state index is 11.4. The van der Waals surface area contributed by atoms with Crippen LogP contribution in [0.4, 0.5) is 0 Å². The van der Waals surface area contributed by atoms with Crippen molar-refractivity contribution in [2.45, 2.75) is 6.92 Å². The van der Waals surface area contributed by atoms with Crippen LogP contribution < -0.4 is 9.62 Å². The van der Waals surface area contributed by atoms with Crippen LogP contribution in [0, 0.1) is 0 Å². The number of carbonyl (C=O) groups is 2. The maximum Gasteiger partial charge on any atom is 0.361 e. The molecule has 0 aliphatic rings. The molecule has 0 unspecified atom stereocenters. The number of hydrogen-bond acceptors (Lipinski definition) is 6. The van der Waals surface area contributed by atoms with Gasteiger partial charge in [0, 0.05) is 6.92 Å². The Morgan fingerprint density at radius 3 is 2.47 bits per heavy atom. The van der Waals surface area contributed by atoms with Crippen molar-refractivity contribution < 1.29 is 27.6 Å². The molecule has 1 aromatic carbocycles. The number of rotatable bonds is 4. The molecule has 0 radical (unpaired) electrons. The number of ether oxygens (including phenoxy) is 1. The second-order valence-electron chi connectivity index (χ2n) is 2.83. The van der Waals surface area contributed by atoms with Crippen LogP contribution >= 0.6 is 0 Å². The van der Waals surface area contributed by atoms with E-state index in [1.54, 1.807) is 6.07 Å². The van der Waals surface area contributed by atoms with Gasteiger partial charge >= 0.3 is 11.9 Å². The highest BCUT2D eigenvalue weighted by atomic mass is 32.2. The van der Waals surface area contributed by atoms with Crippen LogP contribution in [0.2, 0.25) is 0 Å². The summed E-state index contributed by atoms with van der Waals surface area (Å²) >= 11 is 0. The maximum atomic E-state index is 11.4. The molecule has 1 N–H and O–H groups in total. The molecular formula is C9H9NO6S. The molecule has 8 heteroatoms. The van der Waals surface area contributed by atoms with Crippen molar-refractivity contribution >= 4 is 22.8 Å². The molecule has 0 aliphatic carbocycles. The van der Waals surface area contributed by atoms with Crippen molar-refractivity contribution in [2.24, 2.45) is 0 Å². The van der Waals surface area contributed by atoms with Gasteiger partial charge < -0.3 is 9.57 Å². The molecule has 1 aromatic rings. The lowest BCUT2D eigenvalue weighted by Crippen LogP contribution is -2.19. The Kier molecular flexibility index (Phi) is 4.61. The quantitative estimate of drug-likeness (QED) is 0.336. The summed E-state index contributed by atoms with van der Waals surface area (Å²) in [4.78, 5) is 27.9. The van der Waals surface area contributed by atoms with Gasteiger partial charge in [-0.2, -0.15) is 0 Å². The fraction of sp³-hybridized carbons (Fsp3) is 0.111. The lowest BCUT2D eigenvalue weighted by molar-refractivity contribution is -0.131. The molecule has 0 aliphatic heterocycles. The van der Waals surface area contributed by atoms with E-state index >= 15 is 0 Å². The van der Waals surface area contributed by atoms with E-state index in [1.165, 1.54) is 30.0 Å². The highest BCUT2D eigenvalue weighted by Crippen LogP contribution is 2.18. The molecular weight excluding hydrogens is 250 g/mol. The number of hydrogen-bond donors (Lipinski definition) is 2. The van der Waals surface area contributed by atoms with Gasteiger partial charge in [-0.3, -0.25) is 4.79 Å². The Balaban J connectivity index is 2.88. The third kappa shape index (κ3) is 4.21. The third-order valence-electron chi connectivity index (χ3n) is 1.57. The summed E-state index contributed by atoms with van der Waals surface area (Å²) in [6, 6.07) is 5.78. The predicted octanol–water partition coefficient (Wildman–Crippen LogP) is -0.200. The molecule has 92 valence electrons. The van der Waals surface area contributed by atoms with Gasteiger partial charge in [0.15, 0.2) is 0 Å². The van der Waals surface area contributed by atoms with Crippen LogP contribution in [0.15, 0.2) is 24.3 Å². The molecule has 0 atom stereocenters. The van der Waals surface area contributed by atoms with Crippen molar-refractivity contribution in [2.75, 3.05) is 0 Å². The minimum absolute atomic E-state index is 0.00655. The smallest absolute Gasteiger partial charge is 0.361 e. The number of carbonyl (C=O) groups excluding carboxylic acids is 2. The number of thiol groups is 1. The summed E-state index contributed by atoms with van der Waals surface area (Å²) in [6.07, 6.45) is 0. The Labute approximate surface area is 98.4 Å². The molecule has 17 heavy (non-hydrogen) atoms. The predicted molar refractivity (Wildman–Crippen MR) is 56.6 cm³/mol. The topological polar surface area (TPSA) is 98.8 Å². The summed E-state index contributed by atoms with van der Waals surface area (Å²) in [5.41, 5.74) is -0.0629. The average molecular weight is 259 g/mol. The standard InChI is InChI=1S/C9H9NO6S/c1-6(11)15-8-5-3-2-4-7(8)9(12)16-10-17(13)14/h2-5,17H,1H3,(H,10,13,14). The molecule has 0 saturated carbocycles. The highest BCUT2D eigenvalue weighted by molar-refractivity contribution is 7.70. The molecule has 1 rings (SSSR count).